The number of benzene rings is 2. The Hall–Kier alpha value is -3.73. The van der Waals surface area contributed by atoms with E-state index in [4.69, 9.17) is 10.00 Å². The second-order valence-electron chi connectivity index (χ2n) is 5.58. The van der Waals surface area contributed by atoms with Crippen LogP contribution in [0.3, 0.4) is 0 Å². The normalized spacial score (nSPS) is 10.4. The van der Waals surface area contributed by atoms with E-state index in [2.05, 4.69) is 5.10 Å². The second kappa shape index (κ2) is 9.68. The predicted molar refractivity (Wildman–Crippen MR) is 99.1 cm³/mol. The van der Waals surface area contributed by atoms with Gasteiger partial charge in [0, 0.05) is 19.1 Å². The Labute approximate surface area is 156 Å². The number of hydrazone groups is 1. The minimum Gasteiger partial charge on any atom is -0.489 e. The first-order valence-electron chi connectivity index (χ1n) is 8.15. The zero-order valence-corrected chi connectivity index (χ0v) is 14.7. The SMILES string of the molecule is CC(=O)N(CCC#N)/N=C/c1ccc(OCc2ccc([N+](=O)[O-])cc2)cc1. The summed E-state index contributed by atoms with van der Waals surface area (Å²) in [6.07, 6.45) is 1.76. The molecule has 8 nitrogen and oxygen atoms in total. The molecule has 0 unspecified atom stereocenters. The van der Waals surface area contributed by atoms with Gasteiger partial charge in [0.25, 0.3) is 5.69 Å². The van der Waals surface area contributed by atoms with E-state index < -0.39 is 4.92 Å². The number of ether oxygens (including phenoxy) is 1. The predicted octanol–water partition coefficient (Wildman–Crippen LogP) is 3.27. The Morgan fingerprint density at radius 2 is 1.93 bits per heavy atom. The third kappa shape index (κ3) is 6.25. The maximum Gasteiger partial charge on any atom is 0.269 e. The van der Waals surface area contributed by atoms with Crippen molar-refractivity contribution in [2.24, 2.45) is 5.10 Å². The summed E-state index contributed by atoms with van der Waals surface area (Å²) in [7, 11) is 0. The number of hydrogen-bond acceptors (Lipinski definition) is 6. The first-order chi connectivity index (χ1) is 13.0. The first kappa shape index (κ1) is 19.6. The molecule has 0 fully saturated rings. The number of amides is 1. The number of carbonyl (C=O) groups excluding carboxylic acids is 1. The molecule has 2 aromatic rings. The molecule has 0 N–H and O–H groups in total. The maximum atomic E-state index is 11.4. The quantitative estimate of drug-likeness (QED) is 0.405. The number of hydrogen-bond donors (Lipinski definition) is 0. The van der Waals surface area contributed by atoms with Gasteiger partial charge >= 0.3 is 0 Å². The summed E-state index contributed by atoms with van der Waals surface area (Å²) in [5.41, 5.74) is 1.64. The minimum atomic E-state index is -0.446. The van der Waals surface area contributed by atoms with Gasteiger partial charge in [0.05, 0.1) is 30.2 Å². The van der Waals surface area contributed by atoms with E-state index >= 15 is 0 Å². The summed E-state index contributed by atoms with van der Waals surface area (Å²) in [5, 5.41) is 24.6. The van der Waals surface area contributed by atoms with Crippen LogP contribution < -0.4 is 4.74 Å². The molecular formula is C19H18N4O4. The molecule has 2 rings (SSSR count). The standard InChI is InChI=1S/C19H18N4O4/c1-15(24)22(12-2-11-20)21-13-16-5-9-19(10-6-16)27-14-17-3-7-18(8-4-17)23(25)26/h3-10,13H,2,12,14H2,1H3/b21-13+. The molecule has 27 heavy (non-hydrogen) atoms. The number of nitriles is 1. The van der Waals surface area contributed by atoms with Gasteiger partial charge in [0.1, 0.15) is 12.4 Å². The van der Waals surface area contributed by atoms with Gasteiger partial charge in [0.15, 0.2) is 0 Å². The van der Waals surface area contributed by atoms with Gasteiger partial charge in [-0.05, 0) is 47.5 Å². The van der Waals surface area contributed by atoms with E-state index in [9.17, 15) is 14.9 Å². The molecule has 0 atom stereocenters. The van der Waals surface area contributed by atoms with E-state index in [-0.39, 0.29) is 31.2 Å². The van der Waals surface area contributed by atoms with Crippen LogP contribution in [-0.2, 0) is 11.4 Å². The lowest BCUT2D eigenvalue weighted by Crippen LogP contribution is -2.24. The molecule has 0 aliphatic heterocycles. The Bertz CT molecular complexity index is 855. The summed E-state index contributed by atoms with van der Waals surface area (Å²) < 4.78 is 5.65. The van der Waals surface area contributed by atoms with Crippen molar-refractivity contribution >= 4 is 17.8 Å². The van der Waals surface area contributed by atoms with Gasteiger partial charge in [-0.1, -0.05) is 0 Å². The van der Waals surface area contributed by atoms with Gasteiger partial charge in [-0.2, -0.15) is 10.4 Å². The van der Waals surface area contributed by atoms with Crippen molar-refractivity contribution in [3.05, 3.63) is 69.8 Å². The highest BCUT2D eigenvalue weighted by Crippen LogP contribution is 2.16. The molecule has 0 saturated heterocycles. The molecule has 0 saturated carbocycles. The molecule has 0 spiro atoms. The summed E-state index contributed by atoms with van der Waals surface area (Å²) in [5.74, 6) is 0.406. The number of rotatable bonds is 8. The lowest BCUT2D eigenvalue weighted by Gasteiger charge is -2.12. The fraction of sp³-hybridized carbons (Fsp3) is 0.211. The smallest absolute Gasteiger partial charge is 0.269 e. The highest BCUT2D eigenvalue weighted by atomic mass is 16.6. The number of nitro benzene ring substituents is 1. The average Bonchev–Trinajstić information content (AvgIpc) is 2.67. The van der Waals surface area contributed by atoms with Gasteiger partial charge < -0.3 is 4.74 Å². The van der Waals surface area contributed by atoms with Crippen molar-refractivity contribution in [2.45, 2.75) is 20.0 Å². The van der Waals surface area contributed by atoms with Crippen LogP contribution in [0.1, 0.15) is 24.5 Å². The summed E-state index contributed by atoms with van der Waals surface area (Å²) in [6.45, 7) is 1.93. The molecule has 0 radical (unpaired) electrons. The minimum absolute atomic E-state index is 0.0387. The van der Waals surface area contributed by atoms with Crippen molar-refractivity contribution in [3.63, 3.8) is 0 Å². The summed E-state index contributed by atoms with van der Waals surface area (Å²) >= 11 is 0. The Kier molecular flexibility index (Phi) is 7.02. The molecule has 1 amide bonds. The topological polar surface area (TPSA) is 109 Å². The van der Waals surface area contributed by atoms with Crippen LogP contribution in [0.5, 0.6) is 5.75 Å². The lowest BCUT2D eigenvalue weighted by molar-refractivity contribution is -0.384. The molecule has 0 bridgehead atoms. The molecule has 0 aliphatic carbocycles. The largest absolute Gasteiger partial charge is 0.489 e. The maximum absolute atomic E-state index is 11.4. The van der Waals surface area contributed by atoms with Crippen molar-refractivity contribution < 1.29 is 14.5 Å². The number of nitrogens with zero attached hydrogens (tertiary/aromatic N) is 4. The van der Waals surface area contributed by atoms with Crippen LogP contribution in [0.25, 0.3) is 0 Å². The number of nitro groups is 1. The van der Waals surface area contributed by atoms with Crippen molar-refractivity contribution in [1.82, 2.24) is 5.01 Å². The van der Waals surface area contributed by atoms with Gasteiger partial charge in [0.2, 0.25) is 5.91 Å². The molecule has 0 heterocycles. The fourth-order valence-electron chi connectivity index (χ4n) is 2.12. The van der Waals surface area contributed by atoms with Crippen molar-refractivity contribution in [2.75, 3.05) is 6.54 Å². The molecule has 0 aliphatic rings. The van der Waals surface area contributed by atoms with Crippen LogP contribution in [0.2, 0.25) is 0 Å². The third-order valence-electron chi connectivity index (χ3n) is 3.58. The van der Waals surface area contributed by atoms with E-state index in [1.54, 1.807) is 42.6 Å². The van der Waals surface area contributed by atoms with Gasteiger partial charge in [-0.15, -0.1) is 0 Å². The van der Waals surface area contributed by atoms with Crippen LogP contribution >= 0.6 is 0 Å². The first-order valence-corrected chi connectivity index (χ1v) is 8.15. The monoisotopic (exact) mass is 366 g/mol. The molecule has 138 valence electrons. The second-order valence-corrected chi connectivity index (χ2v) is 5.58. The molecule has 0 aromatic heterocycles. The van der Waals surface area contributed by atoms with E-state index in [1.165, 1.54) is 24.1 Å². The van der Waals surface area contributed by atoms with Crippen LogP contribution in [-0.4, -0.2) is 28.6 Å². The fourth-order valence-corrected chi connectivity index (χ4v) is 2.12. The number of carbonyl (C=O) groups is 1. The number of non-ortho nitro benzene ring substituents is 1. The highest BCUT2D eigenvalue weighted by molar-refractivity contribution is 5.81. The van der Waals surface area contributed by atoms with Crippen molar-refractivity contribution in [1.29, 1.82) is 5.26 Å². The van der Waals surface area contributed by atoms with Crippen LogP contribution in [0.4, 0.5) is 5.69 Å². The van der Waals surface area contributed by atoms with Gasteiger partial charge in [-0.3, -0.25) is 14.9 Å². The molecular weight excluding hydrogens is 348 g/mol. The summed E-state index contributed by atoms with van der Waals surface area (Å²) in [6, 6.07) is 15.3. The Morgan fingerprint density at radius 1 is 1.26 bits per heavy atom. The summed E-state index contributed by atoms with van der Waals surface area (Å²) in [4.78, 5) is 21.6. The Balaban J connectivity index is 1.92. The molecule has 2 aromatic carbocycles. The van der Waals surface area contributed by atoms with E-state index in [0.29, 0.717) is 5.75 Å². The van der Waals surface area contributed by atoms with Crippen molar-refractivity contribution in [3.8, 4) is 11.8 Å². The highest BCUT2D eigenvalue weighted by Gasteiger charge is 2.06. The van der Waals surface area contributed by atoms with E-state index in [1.807, 2.05) is 6.07 Å². The van der Waals surface area contributed by atoms with Crippen LogP contribution in [0, 0.1) is 21.4 Å². The third-order valence-corrected chi connectivity index (χ3v) is 3.58. The Morgan fingerprint density at radius 3 is 2.48 bits per heavy atom. The zero-order valence-electron chi connectivity index (χ0n) is 14.7. The lowest BCUT2D eigenvalue weighted by atomic mass is 10.2. The van der Waals surface area contributed by atoms with Crippen LogP contribution in [0.15, 0.2) is 53.6 Å². The van der Waals surface area contributed by atoms with Gasteiger partial charge in [-0.25, -0.2) is 5.01 Å². The average molecular weight is 366 g/mol. The zero-order chi connectivity index (χ0) is 19.6. The van der Waals surface area contributed by atoms with E-state index in [0.717, 1.165) is 11.1 Å². The molecule has 8 heteroatoms.